The smallest absolute Gasteiger partial charge is 0.159 e. The van der Waals surface area contributed by atoms with Crippen LogP contribution in [0.3, 0.4) is 0 Å². The van der Waals surface area contributed by atoms with Gasteiger partial charge in [-0.25, -0.2) is 4.98 Å². The Bertz CT molecular complexity index is 1140. The molecule has 1 aliphatic rings. The maximum atomic E-state index is 9.65. The summed E-state index contributed by atoms with van der Waals surface area (Å²) in [6, 6.07) is 12.2. The van der Waals surface area contributed by atoms with Gasteiger partial charge in [-0.1, -0.05) is 0 Å². The van der Waals surface area contributed by atoms with Crippen LogP contribution in [0.2, 0.25) is 0 Å². The first-order valence-corrected chi connectivity index (χ1v) is 9.75. The normalized spacial score (nSPS) is 15.9. The van der Waals surface area contributed by atoms with Crippen molar-refractivity contribution in [3.8, 4) is 17.3 Å². The van der Waals surface area contributed by atoms with Gasteiger partial charge in [0.15, 0.2) is 5.82 Å². The van der Waals surface area contributed by atoms with E-state index in [0.29, 0.717) is 6.04 Å². The summed E-state index contributed by atoms with van der Waals surface area (Å²) in [7, 11) is 0. The zero-order valence-corrected chi connectivity index (χ0v) is 16.1. The van der Waals surface area contributed by atoms with Crippen molar-refractivity contribution in [2.24, 2.45) is 0 Å². The molecule has 7 nitrogen and oxygen atoms in total. The van der Waals surface area contributed by atoms with Crippen molar-refractivity contribution in [3.05, 3.63) is 36.4 Å². The standard InChI is InChI=1S/C21H24N6O/c1-13(2)26-7-9-27(10-8-26)14-3-6-17-19(11-14)23-21(22-17)20-16-5-4-15(28)12-18(16)24-25-20/h3-6,11-13,28H,7-10H2,1-2H3,(H,22,23)(H,24,25). The number of piperazine rings is 1. The second kappa shape index (κ2) is 6.53. The van der Waals surface area contributed by atoms with Crippen LogP contribution >= 0.6 is 0 Å². The summed E-state index contributed by atoms with van der Waals surface area (Å²) < 4.78 is 0. The quantitative estimate of drug-likeness (QED) is 0.511. The number of H-pyrrole nitrogens is 2. The van der Waals surface area contributed by atoms with E-state index in [0.717, 1.165) is 59.6 Å². The zero-order chi connectivity index (χ0) is 19.3. The molecular weight excluding hydrogens is 352 g/mol. The number of imidazole rings is 1. The van der Waals surface area contributed by atoms with Crippen LogP contribution in [-0.2, 0) is 0 Å². The molecule has 28 heavy (non-hydrogen) atoms. The number of fused-ring (bicyclic) bond motifs is 2. The van der Waals surface area contributed by atoms with Gasteiger partial charge in [0.1, 0.15) is 11.4 Å². The molecule has 0 amide bonds. The molecule has 2 aromatic carbocycles. The van der Waals surface area contributed by atoms with E-state index < -0.39 is 0 Å². The van der Waals surface area contributed by atoms with Crippen molar-refractivity contribution in [2.45, 2.75) is 19.9 Å². The van der Waals surface area contributed by atoms with Gasteiger partial charge in [-0.05, 0) is 44.2 Å². The van der Waals surface area contributed by atoms with Crippen molar-refractivity contribution >= 4 is 27.6 Å². The second-order valence-electron chi connectivity index (χ2n) is 7.71. The van der Waals surface area contributed by atoms with Crippen molar-refractivity contribution in [1.82, 2.24) is 25.1 Å². The van der Waals surface area contributed by atoms with E-state index in [4.69, 9.17) is 4.98 Å². The fraction of sp³-hybridized carbons (Fsp3) is 0.333. The molecule has 0 radical (unpaired) electrons. The van der Waals surface area contributed by atoms with Crippen LogP contribution in [0.4, 0.5) is 5.69 Å². The van der Waals surface area contributed by atoms with Gasteiger partial charge < -0.3 is 15.0 Å². The third-order valence-electron chi connectivity index (χ3n) is 5.65. The number of phenolic OH excluding ortho intramolecular Hbond substituents is 1. The first-order chi connectivity index (χ1) is 13.6. The molecule has 1 saturated heterocycles. The maximum absolute atomic E-state index is 9.65. The highest BCUT2D eigenvalue weighted by atomic mass is 16.3. The molecule has 7 heteroatoms. The molecule has 1 aliphatic heterocycles. The predicted molar refractivity (Wildman–Crippen MR) is 112 cm³/mol. The van der Waals surface area contributed by atoms with E-state index in [1.807, 2.05) is 6.07 Å². The topological polar surface area (TPSA) is 84.1 Å². The number of rotatable bonds is 3. The minimum Gasteiger partial charge on any atom is -0.508 e. The average Bonchev–Trinajstić information content (AvgIpc) is 3.30. The molecule has 0 saturated carbocycles. The molecule has 4 aromatic rings. The Labute approximate surface area is 163 Å². The second-order valence-corrected chi connectivity index (χ2v) is 7.71. The summed E-state index contributed by atoms with van der Waals surface area (Å²) in [6.45, 7) is 8.77. The molecule has 0 unspecified atom stereocenters. The van der Waals surface area contributed by atoms with Crippen molar-refractivity contribution in [3.63, 3.8) is 0 Å². The third-order valence-corrected chi connectivity index (χ3v) is 5.65. The highest BCUT2D eigenvalue weighted by molar-refractivity contribution is 5.94. The van der Waals surface area contributed by atoms with E-state index >= 15 is 0 Å². The number of benzene rings is 2. The fourth-order valence-corrected chi connectivity index (χ4v) is 3.99. The van der Waals surface area contributed by atoms with Gasteiger partial charge in [-0.2, -0.15) is 5.10 Å². The number of hydrogen-bond acceptors (Lipinski definition) is 5. The SMILES string of the molecule is CC(C)N1CCN(c2ccc3[nH]c(-c4n[nH]c5cc(O)ccc45)nc3c2)CC1. The first kappa shape index (κ1) is 17.1. The summed E-state index contributed by atoms with van der Waals surface area (Å²) in [4.78, 5) is 13.1. The van der Waals surface area contributed by atoms with E-state index in [-0.39, 0.29) is 5.75 Å². The number of phenols is 1. The fourth-order valence-electron chi connectivity index (χ4n) is 3.99. The summed E-state index contributed by atoms with van der Waals surface area (Å²) >= 11 is 0. The molecule has 0 aliphatic carbocycles. The lowest BCUT2D eigenvalue weighted by molar-refractivity contribution is 0.209. The van der Waals surface area contributed by atoms with E-state index in [1.165, 1.54) is 5.69 Å². The lowest BCUT2D eigenvalue weighted by Crippen LogP contribution is -2.48. The number of aromatic amines is 2. The lowest BCUT2D eigenvalue weighted by atomic mass is 10.2. The third kappa shape index (κ3) is 2.88. The summed E-state index contributed by atoms with van der Waals surface area (Å²) in [6.07, 6.45) is 0. The Kier molecular flexibility index (Phi) is 3.98. The Hall–Kier alpha value is -3.06. The van der Waals surface area contributed by atoms with Gasteiger partial charge in [0.05, 0.1) is 16.6 Å². The van der Waals surface area contributed by atoms with Crippen LogP contribution < -0.4 is 4.90 Å². The van der Waals surface area contributed by atoms with Crippen LogP contribution in [0.5, 0.6) is 5.75 Å². The Morgan fingerprint density at radius 1 is 1.00 bits per heavy atom. The van der Waals surface area contributed by atoms with Gasteiger partial charge in [0.2, 0.25) is 0 Å². The van der Waals surface area contributed by atoms with Gasteiger partial charge in [-0.15, -0.1) is 0 Å². The monoisotopic (exact) mass is 376 g/mol. The van der Waals surface area contributed by atoms with Gasteiger partial charge in [0.25, 0.3) is 0 Å². The summed E-state index contributed by atoms with van der Waals surface area (Å²) in [5, 5.41) is 17.9. The zero-order valence-electron chi connectivity index (χ0n) is 16.1. The van der Waals surface area contributed by atoms with Crippen LogP contribution in [0.25, 0.3) is 33.5 Å². The van der Waals surface area contributed by atoms with Crippen LogP contribution in [0.15, 0.2) is 36.4 Å². The highest BCUT2D eigenvalue weighted by Gasteiger charge is 2.20. The molecule has 5 rings (SSSR count). The lowest BCUT2D eigenvalue weighted by Gasteiger charge is -2.38. The van der Waals surface area contributed by atoms with Crippen molar-refractivity contribution in [1.29, 1.82) is 0 Å². The first-order valence-electron chi connectivity index (χ1n) is 9.75. The Balaban J connectivity index is 1.45. The van der Waals surface area contributed by atoms with Crippen LogP contribution in [0.1, 0.15) is 13.8 Å². The molecule has 2 aromatic heterocycles. The molecule has 1 fully saturated rings. The van der Waals surface area contributed by atoms with E-state index in [9.17, 15) is 5.11 Å². The minimum absolute atomic E-state index is 0.217. The molecule has 144 valence electrons. The molecule has 0 bridgehead atoms. The predicted octanol–water partition coefficient (Wildman–Crippen LogP) is 3.34. The van der Waals surface area contributed by atoms with Gasteiger partial charge in [0, 0.05) is 49.4 Å². The van der Waals surface area contributed by atoms with Crippen LogP contribution in [0, 0.1) is 0 Å². The van der Waals surface area contributed by atoms with Gasteiger partial charge >= 0.3 is 0 Å². The van der Waals surface area contributed by atoms with Crippen molar-refractivity contribution < 1.29 is 5.11 Å². The summed E-state index contributed by atoms with van der Waals surface area (Å²) in [5.74, 6) is 0.947. The highest BCUT2D eigenvalue weighted by Crippen LogP contribution is 2.29. The maximum Gasteiger partial charge on any atom is 0.159 e. The number of aromatic nitrogens is 4. The molecule has 3 heterocycles. The molecule has 3 N–H and O–H groups in total. The average molecular weight is 376 g/mol. The van der Waals surface area contributed by atoms with E-state index in [1.54, 1.807) is 12.1 Å². The Morgan fingerprint density at radius 2 is 1.82 bits per heavy atom. The molecular formula is C21H24N6O. The number of aromatic hydroxyl groups is 1. The number of nitrogens with one attached hydrogen (secondary N) is 2. The summed E-state index contributed by atoms with van der Waals surface area (Å²) in [5.41, 5.74) is 4.70. The molecule has 0 atom stereocenters. The number of nitrogens with zero attached hydrogens (tertiary/aromatic N) is 4. The molecule has 0 spiro atoms. The number of hydrogen-bond donors (Lipinski definition) is 3. The largest absolute Gasteiger partial charge is 0.508 e. The Morgan fingerprint density at radius 3 is 2.61 bits per heavy atom. The number of anilines is 1. The van der Waals surface area contributed by atoms with Crippen LogP contribution in [-0.4, -0.2) is 62.4 Å². The van der Waals surface area contributed by atoms with Crippen molar-refractivity contribution in [2.75, 3.05) is 31.1 Å². The van der Waals surface area contributed by atoms with E-state index in [2.05, 4.69) is 57.0 Å². The van der Waals surface area contributed by atoms with Gasteiger partial charge in [-0.3, -0.25) is 10.00 Å². The minimum atomic E-state index is 0.217.